The van der Waals surface area contributed by atoms with E-state index in [1.807, 2.05) is 42.5 Å². The molecule has 1 nitrogen and oxygen atoms in total. The first-order valence-corrected chi connectivity index (χ1v) is 7.20. The fraction of sp³-hybridized carbons (Fsp3) is 0.0526. The van der Waals surface area contributed by atoms with Crippen LogP contribution in [0.1, 0.15) is 5.56 Å². The summed E-state index contributed by atoms with van der Waals surface area (Å²) < 4.78 is 38.4. The molecular weight excluding hydrogens is 299 g/mol. The topological polar surface area (TPSA) is 15.8 Å². The second-order valence-electron chi connectivity index (χ2n) is 5.54. The molecular formula is C19H12F3N. The third-order valence-electron chi connectivity index (χ3n) is 4.01. The molecule has 0 aliphatic heterocycles. The van der Waals surface area contributed by atoms with Crippen molar-refractivity contribution in [1.29, 1.82) is 0 Å². The van der Waals surface area contributed by atoms with Gasteiger partial charge in [0.15, 0.2) is 0 Å². The van der Waals surface area contributed by atoms with Crippen LogP contribution < -0.4 is 0 Å². The third-order valence-corrected chi connectivity index (χ3v) is 4.01. The van der Waals surface area contributed by atoms with Crippen molar-refractivity contribution in [3.63, 3.8) is 0 Å². The van der Waals surface area contributed by atoms with Gasteiger partial charge in [-0.25, -0.2) is 0 Å². The van der Waals surface area contributed by atoms with Gasteiger partial charge in [0.2, 0.25) is 0 Å². The van der Waals surface area contributed by atoms with E-state index in [0.29, 0.717) is 10.9 Å². The van der Waals surface area contributed by atoms with Crippen LogP contribution in [-0.2, 0) is 6.18 Å². The molecule has 0 atom stereocenters. The number of hydrogen-bond acceptors (Lipinski definition) is 0. The lowest BCUT2D eigenvalue weighted by molar-refractivity contribution is -0.137. The summed E-state index contributed by atoms with van der Waals surface area (Å²) in [6.07, 6.45) is -4.32. The molecule has 1 N–H and O–H groups in total. The highest BCUT2D eigenvalue weighted by atomic mass is 19.4. The first-order chi connectivity index (χ1) is 11.0. The Bertz CT molecular complexity index is 1010. The fourth-order valence-corrected chi connectivity index (χ4v) is 2.82. The van der Waals surface area contributed by atoms with Gasteiger partial charge < -0.3 is 4.98 Å². The Morgan fingerprint density at radius 3 is 2.26 bits per heavy atom. The van der Waals surface area contributed by atoms with Crippen molar-refractivity contribution >= 4 is 21.7 Å². The minimum Gasteiger partial charge on any atom is -0.355 e. The lowest BCUT2D eigenvalue weighted by Gasteiger charge is -2.05. The van der Waals surface area contributed by atoms with Crippen molar-refractivity contribution < 1.29 is 13.2 Å². The van der Waals surface area contributed by atoms with Gasteiger partial charge in [-0.15, -0.1) is 0 Å². The molecule has 0 aliphatic carbocycles. The van der Waals surface area contributed by atoms with E-state index in [-0.39, 0.29) is 0 Å². The molecule has 0 saturated heterocycles. The zero-order valence-corrected chi connectivity index (χ0v) is 12.0. The normalized spacial score (nSPS) is 12.1. The second-order valence-corrected chi connectivity index (χ2v) is 5.54. The lowest BCUT2D eigenvalue weighted by atomic mass is 10.1. The molecule has 4 aromatic rings. The van der Waals surface area contributed by atoms with Crippen LogP contribution in [0.5, 0.6) is 0 Å². The molecule has 4 heteroatoms. The summed E-state index contributed by atoms with van der Waals surface area (Å²) in [5.74, 6) is 0. The molecule has 0 saturated carbocycles. The van der Waals surface area contributed by atoms with Crippen LogP contribution in [0.2, 0.25) is 0 Å². The Hall–Kier alpha value is -2.75. The first-order valence-electron chi connectivity index (χ1n) is 7.20. The molecule has 0 radical (unpaired) electrons. The summed E-state index contributed by atoms with van der Waals surface area (Å²) >= 11 is 0. The fourth-order valence-electron chi connectivity index (χ4n) is 2.82. The minimum atomic E-state index is -4.32. The number of alkyl halides is 3. The number of hydrogen-bond donors (Lipinski definition) is 1. The second kappa shape index (κ2) is 4.88. The Morgan fingerprint density at radius 2 is 1.48 bits per heavy atom. The molecule has 0 spiro atoms. The number of benzene rings is 3. The predicted molar refractivity (Wildman–Crippen MR) is 86.2 cm³/mol. The van der Waals surface area contributed by atoms with Gasteiger partial charge in [-0.1, -0.05) is 36.4 Å². The zero-order chi connectivity index (χ0) is 16.0. The highest BCUT2D eigenvalue weighted by molar-refractivity contribution is 5.90. The van der Waals surface area contributed by atoms with E-state index < -0.39 is 11.7 Å². The van der Waals surface area contributed by atoms with Crippen LogP contribution >= 0.6 is 0 Å². The van der Waals surface area contributed by atoms with Gasteiger partial charge in [0.05, 0.1) is 5.56 Å². The Balaban J connectivity index is 1.84. The van der Waals surface area contributed by atoms with Crippen LogP contribution in [0.15, 0.2) is 66.7 Å². The van der Waals surface area contributed by atoms with Crippen molar-refractivity contribution in [2.45, 2.75) is 6.18 Å². The van der Waals surface area contributed by atoms with Crippen LogP contribution in [0.25, 0.3) is 32.9 Å². The Morgan fingerprint density at radius 1 is 0.696 bits per heavy atom. The maximum absolute atomic E-state index is 12.8. The summed E-state index contributed by atoms with van der Waals surface area (Å²) in [5.41, 5.74) is 1.83. The van der Waals surface area contributed by atoms with E-state index in [0.717, 1.165) is 28.1 Å². The molecule has 1 aromatic heterocycles. The number of fused-ring (bicyclic) bond motifs is 2. The van der Waals surface area contributed by atoms with E-state index in [4.69, 9.17) is 0 Å². The first kappa shape index (κ1) is 13.9. The van der Waals surface area contributed by atoms with Crippen molar-refractivity contribution in [3.05, 3.63) is 72.3 Å². The summed E-state index contributed by atoms with van der Waals surface area (Å²) in [4.78, 5) is 3.19. The standard InChI is InChI=1S/C19H12F3N/c20-19(21,22)16-7-8-17-15(10-16)11-18(23-17)14-6-5-12-3-1-2-4-13(12)9-14/h1-11,23H. The predicted octanol–water partition coefficient (Wildman–Crippen LogP) is 6.01. The van der Waals surface area contributed by atoms with E-state index in [1.165, 1.54) is 12.1 Å². The van der Waals surface area contributed by atoms with E-state index >= 15 is 0 Å². The van der Waals surface area contributed by atoms with E-state index in [2.05, 4.69) is 4.98 Å². The van der Waals surface area contributed by atoms with Crippen LogP contribution in [0, 0.1) is 0 Å². The number of nitrogens with one attached hydrogen (secondary N) is 1. The molecule has 0 fully saturated rings. The number of H-pyrrole nitrogens is 1. The smallest absolute Gasteiger partial charge is 0.355 e. The monoisotopic (exact) mass is 311 g/mol. The summed E-state index contributed by atoms with van der Waals surface area (Å²) in [6.45, 7) is 0. The van der Waals surface area contributed by atoms with E-state index in [9.17, 15) is 13.2 Å². The van der Waals surface area contributed by atoms with Gasteiger partial charge in [0.25, 0.3) is 0 Å². The highest BCUT2D eigenvalue weighted by Crippen LogP contribution is 2.33. The molecule has 3 aromatic carbocycles. The lowest BCUT2D eigenvalue weighted by Crippen LogP contribution is -2.03. The summed E-state index contributed by atoms with van der Waals surface area (Å²) in [6, 6.07) is 19.5. The molecule has 23 heavy (non-hydrogen) atoms. The molecule has 0 amide bonds. The van der Waals surface area contributed by atoms with Gasteiger partial charge in [-0.3, -0.25) is 0 Å². The molecule has 0 unspecified atom stereocenters. The SMILES string of the molecule is FC(F)(F)c1ccc2[nH]c(-c3ccc4ccccc4c3)cc2c1. The maximum Gasteiger partial charge on any atom is 0.416 e. The third kappa shape index (κ3) is 2.46. The number of halogens is 3. The quantitative estimate of drug-likeness (QED) is 0.443. The summed E-state index contributed by atoms with van der Waals surface area (Å²) in [5, 5.41) is 2.79. The molecule has 1 heterocycles. The van der Waals surface area contributed by atoms with Gasteiger partial charge in [0, 0.05) is 16.6 Å². The summed E-state index contributed by atoms with van der Waals surface area (Å²) in [7, 11) is 0. The molecule has 0 bridgehead atoms. The Kier molecular flexibility index (Phi) is 2.94. The molecule has 114 valence electrons. The largest absolute Gasteiger partial charge is 0.416 e. The van der Waals surface area contributed by atoms with Crippen molar-refractivity contribution in [2.75, 3.05) is 0 Å². The van der Waals surface area contributed by atoms with Crippen LogP contribution in [0.3, 0.4) is 0 Å². The average molecular weight is 311 g/mol. The van der Waals surface area contributed by atoms with Crippen molar-refractivity contribution in [3.8, 4) is 11.3 Å². The minimum absolute atomic E-state index is 0.558. The number of rotatable bonds is 1. The highest BCUT2D eigenvalue weighted by Gasteiger charge is 2.30. The van der Waals surface area contributed by atoms with Crippen LogP contribution in [0.4, 0.5) is 13.2 Å². The average Bonchev–Trinajstić information content (AvgIpc) is 2.96. The van der Waals surface area contributed by atoms with Gasteiger partial charge in [0.1, 0.15) is 0 Å². The van der Waals surface area contributed by atoms with Crippen molar-refractivity contribution in [2.24, 2.45) is 0 Å². The zero-order valence-electron chi connectivity index (χ0n) is 12.0. The maximum atomic E-state index is 12.8. The van der Waals surface area contributed by atoms with Gasteiger partial charge >= 0.3 is 6.18 Å². The number of aromatic nitrogens is 1. The molecule has 4 rings (SSSR count). The van der Waals surface area contributed by atoms with Crippen LogP contribution in [-0.4, -0.2) is 4.98 Å². The Labute approximate surface area is 130 Å². The van der Waals surface area contributed by atoms with E-state index in [1.54, 1.807) is 6.07 Å². The van der Waals surface area contributed by atoms with Gasteiger partial charge in [-0.05, 0) is 46.7 Å². The molecule has 0 aliphatic rings. The van der Waals surface area contributed by atoms with Gasteiger partial charge in [-0.2, -0.15) is 13.2 Å². The number of aromatic amines is 1. The van der Waals surface area contributed by atoms with Crippen molar-refractivity contribution in [1.82, 2.24) is 4.98 Å².